The third-order valence-electron chi connectivity index (χ3n) is 0.912. The van der Waals surface area contributed by atoms with Gasteiger partial charge in [0.25, 0.3) is 0 Å². The van der Waals surface area contributed by atoms with E-state index in [1.54, 1.807) is 10.2 Å². The second-order valence-electron chi connectivity index (χ2n) is 2.62. The Kier molecular flexibility index (Phi) is 5.55. The molecule has 17 heavy (non-hydrogen) atoms. The van der Waals surface area contributed by atoms with Crippen molar-refractivity contribution < 1.29 is 28.2 Å². The fourth-order valence-electron chi connectivity index (χ4n) is 0.486. The van der Waals surface area contributed by atoms with E-state index < -0.39 is 34.2 Å². The summed E-state index contributed by atoms with van der Waals surface area (Å²) in [5.41, 5.74) is 19.1. The number of nitrogens with one attached hydrogen (secondary N) is 2. The predicted octanol–water partition coefficient (Wildman–Crippen LogP) is -1.55. The maximum atomic E-state index is 10.7. The Morgan fingerprint density at radius 1 is 0.882 bits per heavy atom. The van der Waals surface area contributed by atoms with Crippen LogP contribution in [0.1, 0.15) is 0 Å². The zero-order valence-corrected chi connectivity index (χ0v) is 10.1. The molecule has 0 aliphatic rings. The molecule has 0 saturated heterocycles. The number of hydrogen-bond acceptors (Lipinski definition) is 6. The van der Waals surface area contributed by atoms with Crippen LogP contribution in [0.2, 0.25) is 0 Å². The van der Waals surface area contributed by atoms with Gasteiger partial charge >= 0.3 is 27.4 Å². The van der Waals surface area contributed by atoms with Gasteiger partial charge < -0.3 is 9.47 Å². The fraction of sp³-hybridized carbons (Fsp3) is 0.333. The van der Waals surface area contributed by atoms with Gasteiger partial charge in [-0.3, -0.25) is 31.1 Å². The maximum Gasteiger partial charge on any atom is 0.417 e. The van der Waals surface area contributed by atoms with Crippen molar-refractivity contribution in [1.29, 1.82) is 0 Å². The first-order chi connectivity index (χ1) is 7.49. The lowest BCUT2D eigenvalue weighted by molar-refractivity contribution is 0.0291. The Morgan fingerprint density at radius 3 is 1.41 bits per heavy atom. The highest BCUT2D eigenvalue weighted by Crippen LogP contribution is 2.18. The van der Waals surface area contributed by atoms with Crippen LogP contribution < -0.4 is 32.2 Å². The van der Waals surface area contributed by atoms with Crippen molar-refractivity contribution >= 4 is 27.4 Å². The number of nitrogens with two attached hydrogens (primary N) is 4. The highest BCUT2D eigenvalue weighted by molar-refractivity contribution is 7.57. The molecule has 0 aromatic heterocycles. The first-order valence-electron chi connectivity index (χ1n) is 3.74. The molecule has 0 bridgehead atoms. The molecule has 100 valence electrons. The molecule has 2 amide bonds. The molecule has 0 spiro atoms. The normalized spacial score (nSPS) is 11.5. The minimum absolute atomic E-state index is 0.877. The average Bonchev–Trinajstić information content (AvgIpc) is 1.95. The maximum absolute atomic E-state index is 10.7. The molecule has 0 aliphatic carbocycles. The van der Waals surface area contributed by atoms with E-state index in [1.807, 2.05) is 0 Å². The molecule has 10 N–H and O–H groups in total. The van der Waals surface area contributed by atoms with Gasteiger partial charge in [0.2, 0.25) is 6.79 Å². The van der Waals surface area contributed by atoms with Crippen LogP contribution in [0.4, 0.5) is 9.59 Å². The zero-order valence-electron chi connectivity index (χ0n) is 8.36. The van der Waals surface area contributed by atoms with Crippen LogP contribution >= 0.6 is 15.2 Å². The first kappa shape index (κ1) is 15.8. The van der Waals surface area contributed by atoms with Gasteiger partial charge in [-0.15, -0.1) is 0 Å². The monoisotopic (exact) mass is 290 g/mol. The van der Waals surface area contributed by atoms with E-state index in [-0.39, 0.29) is 0 Å². The summed E-state index contributed by atoms with van der Waals surface area (Å²) in [4.78, 5) is 21.5. The number of hydrogen-bond donors (Lipinski definition) is 6. The number of carbonyl (C=O) groups excluding carboxylic acids is 2. The van der Waals surface area contributed by atoms with Gasteiger partial charge in [0.1, 0.15) is 0 Å². The second kappa shape index (κ2) is 5.96. The van der Waals surface area contributed by atoms with Gasteiger partial charge in [-0.05, 0) is 0 Å². The van der Waals surface area contributed by atoms with Crippen molar-refractivity contribution in [2.75, 3.05) is 6.79 Å². The lowest BCUT2D eigenvalue weighted by Crippen LogP contribution is -2.32. The van der Waals surface area contributed by atoms with Gasteiger partial charge in [-0.1, -0.05) is 0 Å². The molecule has 14 heteroatoms. The molecule has 0 saturated carbocycles. The molecule has 0 aliphatic heterocycles. The average molecular weight is 290 g/mol. The second-order valence-corrected chi connectivity index (χ2v) is 5.91. The Labute approximate surface area is 95.4 Å². The molecule has 12 nitrogen and oxygen atoms in total. The molecule has 0 atom stereocenters. The van der Waals surface area contributed by atoms with Gasteiger partial charge in [0.15, 0.2) is 0 Å². The Bertz CT molecular complexity index is 349. The topological polar surface area (TPSA) is 215 Å². The molecule has 0 fully saturated rings. The van der Waals surface area contributed by atoms with Crippen LogP contribution in [0, 0.1) is 0 Å². The van der Waals surface area contributed by atoms with Crippen molar-refractivity contribution in [3.8, 4) is 0 Å². The van der Waals surface area contributed by atoms with E-state index >= 15 is 0 Å². The first-order valence-corrected chi connectivity index (χ1v) is 7.43. The third kappa shape index (κ3) is 11.1. The minimum atomic E-state index is -3.78. The SMILES string of the molecule is NP(N)(=O)NC(=O)OCOC(=O)NP(N)(N)=O. The van der Waals surface area contributed by atoms with Crippen LogP contribution in [0.5, 0.6) is 0 Å². The van der Waals surface area contributed by atoms with Crippen LogP contribution in [0.3, 0.4) is 0 Å². The van der Waals surface area contributed by atoms with Gasteiger partial charge in [0.05, 0.1) is 0 Å². The van der Waals surface area contributed by atoms with Crippen molar-refractivity contribution in [2.24, 2.45) is 22.0 Å². The van der Waals surface area contributed by atoms with Crippen LogP contribution in [0.25, 0.3) is 0 Å². The lowest BCUT2D eigenvalue weighted by atomic mass is 11.2. The van der Waals surface area contributed by atoms with E-state index in [2.05, 4.69) is 9.47 Å². The van der Waals surface area contributed by atoms with Gasteiger partial charge in [-0.25, -0.2) is 19.8 Å². The van der Waals surface area contributed by atoms with Crippen molar-refractivity contribution in [2.45, 2.75) is 0 Å². The number of amides is 2. The molecule has 0 aromatic carbocycles. The predicted molar refractivity (Wildman–Crippen MR) is 56.1 cm³/mol. The van der Waals surface area contributed by atoms with Crippen molar-refractivity contribution in [3.63, 3.8) is 0 Å². The third-order valence-corrected chi connectivity index (χ3v) is 1.98. The zero-order chi connectivity index (χ0) is 13.7. The molecule has 0 aromatic rings. The fourth-order valence-corrected chi connectivity index (χ4v) is 1.19. The summed E-state index contributed by atoms with van der Waals surface area (Å²) in [5, 5.41) is 3.15. The van der Waals surface area contributed by atoms with Crippen LogP contribution in [-0.4, -0.2) is 19.0 Å². The summed E-state index contributed by atoms with van der Waals surface area (Å²) >= 11 is 0. The highest BCUT2D eigenvalue weighted by atomic mass is 31.2. The molecule has 0 heterocycles. The quantitative estimate of drug-likeness (QED) is 0.258. The summed E-state index contributed by atoms with van der Waals surface area (Å²) < 4.78 is 29.7. The summed E-state index contributed by atoms with van der Waals surface area (Å²) in [7, 11) is -7.57. The van der Waals surface area contributed by atoms with E-state index in [1.165, 1.54) is 0 Å². The Morgan fingerprint density at radius 2 is 1.18 bits per heavy atom. The molecule has 0 rings (SSSR count). The molecular weight excluding hydrogens is 278 g/mol. The highest BCUT2D eigenvalue weighted by Gasteiger charge is 2.16. The molecule has 0 radical (unpaired) electrons. The Hall–Kier alpha value is -1.16. The van der Waals surface area contributed by atoms with E-state index in [4.69, 9.17) is 22.0 Å². The van der Waals surface area contributed by atoms with E-state index in [0.29, 0.717) is 0 Å². The van der Waals surface area contributed by atoms with Crippen LogP contribution in [-0.2, 0) is 18.6 Å². The van der Waals surface area contributed by atoms with Crippen LogP contribution in [0.15, 0.2) is 0 Å². The summed E-state index contributed by atoms with van der Waals surface area (Å²) in [6.45, 7) is -0.877. The van der Waals surface area contributed by atoms with Crippen molar-refractivity contribution in [1.82, 2.24) is 10.2 Å². The summed E-state index contributed by atoms with van der Waals surface area (Å²) in [6, 6.07) is 0. The summed E-state index contributed by atoms with van der Waals surface area (Å²) in [6.07, 6.45) is -2.54. The Balaban J connectivity index is 3.86. The number of rotatable bonds is 4. The van der Waals surface area contributed by atoms with E-state index in [0.717, 1.165) is 0 Å². The van der Waals surface area contributed by atoms with Crippen molar-refractivity contribution in [3.05, 3.63) is 0 Å². The van der Waals surface area contributed by atoms with Gasteiger partial charge in [-0.2, -0.15) is 0 Å². The lowest BCUT2D eigenvalue weighted by Gasteiger charge is -2.11. The van der Waals surface area contributed by atoms with E-state index in [9.17, 15) is 18.7 Å². The molecular formula is C3H12N6O6P2. The standard InChI is InChI=1S/C3H12N6O6P2/c4-16(5,12)8-2(10)14-1-15-3(11)9-17(6,7)13/h1H2,(H5,4,5,8,10,12)(H5,6,7,9,11,13). The number of ether oxygens (including phenoxy) is 2. The molecule has 0 unspecified atom stereocenters. The number of carbonyl (C=O) groups is 2. The minimum Gasteiger partial charge on any atom is -0.411 e. The largest absolute Gasteiger partial charge is 0.417 e. The smallest absolute Gasteiger partial charge is 0.411 e. The summed E-state index contributed by atoms with van der Waals surface area (Å²) in [5.74, 6) is 0. The van der Waals surface area contributed by atoms with Gasteiger partial charge in [0, 0.05) is 0 Å².